The lowest BCUT2D eigenvalue weighted by Crippen LogP contribution is -2.33. The number of aromatic carboxylic acids is 1. The van der Waals surface area contributed by atoms with Gasteiger partial charge in [0.2, 0.25) is 0 Å². The number of nitrogens with zero attached hydrogens (tertiary/aromatic N) is 1. The molecule has 2 atom stereocenters. The van der Waals surface area contributed by atoms with E-state index >= 15 is 0 Å². The molecule has 0 unspecified atom stereocenters. The number of rotatable bonds is 6. The third kappa shape index (κ3) is 4.98. The van der Waals surface area contributed by atoms with Gasteiger partial charge in [0.25, 0.3) is 0 Å². The van der Waals surface area contributed by atoms with Gasteiger partial charge in [-0.3, -0.25) is 0 Å². The molecule has 100 valence electrons. The van der Waals surface area contributed by atoms with Gasteiger partial charge >= 0.3 is 5.97 Å². The van der Waals surface area contributed by atoms with E-state index in [2.05, 4.69) is 50.6 Å². The van der Waals surface area contributed by atoms with E-state index in [4.69, 9.17) is 5.11 Å². The molecule has 0 heterocycles. The Hall–Kier alpha value is -0.550. The highest BCUT2D eigenvalue weighted by Crippen LogP contribution is 2.19. The number of carbonyl (C=O) groups is 1. The van der Waals surface area contributed by atoms with Crippen LogP contribution < -0.4 is 4.90 Å². The van der Waals surface area contributed by atoms with E-state index in [0.717, 1.165) is 18.8 Å². The Bertz CT molecular complexity index is 398. The van der Waals surface area contributed by atoms with Crippen LogP contribution in [0, 0.1) is 0 Å². The predicted octanol–water partition coefficient (Wildman–Crippen LogP) is 3.76. The third-order valence-electron chi connectivity index (χ3n) is 2.40. The van der Waals surface area contributed by atoms with Crippen molar-refractivity contribution in [3.05, 3.63) is 29.8 Å². The first-order valence-electron chi connectivity index (χ1n) is 5.76. The van der Waals surface area contributed by atoms with Crippen molar-refractivity contribution in [3.8, 4) is 0 Å². The highest BCUT2D eigenvalue weighted by atomic mass is 79.9. The zero-order valence-electron chi connectivity index (χ0n) is 10.4. The predicted molar refractivity (Wildman–Crippen MR) is 82.4 cm³/mol. The van der Waals surface area contributed by atoms with Gasteiger partial charge in [0, 0.05) is 28.4 Å². The summed E-state index contributed by atoms with van der Waals surface area (Å²) in [5, 5.41) is 9.02. The molecule has 0 saturated carbocycles. The second-order valence-electron chi connectivity index (χ2n) is 4.32. The molecule has 1 N–H and O–H groups in total. The topological polar surface area (TPSA) is 40.5 Å². The molecule has 1 aromatic rings. The van der Waals surface area contributed by atoms with Gasteiger partial charge in [-0.05, 0) is 18.2 Å². The van der Waals surface area contributed by atoms with E-state index in [1.165, 1.54) is 0 Å². The van der Waals surface area contributed by atoms with Crippen molar-refractivity contribution in [1.29, 1.82) is 0 Å². The molecule has 0 bridgehead atoms. The third-order valence-corrected chi connectivity index (χ3v) is 2.98. The first-order chi connectivity index (χ1) is 8.40. The number of carboxylic acid groups (broad SMARTS) is 1. The summed E-state index contributed by atoms with van der Waals surface area (Å²) in [4.78, 5) is 13.8. The van der Waals surface area contributed by atoms with Gasteiger partial charge in [-0.25, -0.2) is 4.79 Å². The molecule has 0 fully saturated rings. The molecule has 0 aromatic heterocycles. The Labute approximate surface area is 124 Å². The average Bonchev–Trinajstić information content (AvgIpc) is 2.27. The van der Waals surface area contributed by atoms with Gasteiger partial charge in [-0.2, -0.15) is 0 Å². The fraction of sp³-hybridized carbons (Fsp3) is 0.462. The molecular formula is C13H17Br2NO2. The second kappa shape index (κ2) is 7.14. The van der Waals surface area contributed by atoms with Crippen LogP contribution >= 0.6 is 31.9 Å². The lowest BCUT2D eigenvalue weighted by atomic mass is 10.2. The Kier molecular flexibility index (Phi) is 6.15. The quantitative estimate of drug-likeness (QED) is 0.766. The van der Waals surface area contributed by atoms with Crippen LogP contribution in [0.15, 0.2) is 24.3 Å². The number of benzene rings is 1. The first-order valence-corrected chi connectivity index (χ1v) is 7.59. The minimum atomic E-state index is -0.893. The second-order valence-corrected chi connectivity index (χ2v) is 7.45. The minimum Gasteiger partial charge on any atom is -0.478 e. The Morgan fingerprint density at radius 2 is 1.83 bits per heavy atom. The maximum atomic E-state index is 11.0. The van der Waals surface area contributed by atoms with Crippen molar-refractivity contribution in [2.75, 3.05) is 18.0 Å². The monoisotopic (exact) mass is 377 g/mol. The number of halogens is 2. The van der Waals surface area contributed by atoms with E-state index in [9.17, 15) is 4.79 Å². The number of carboxylic acids is 1. The van der Waals surface area contributed by atoms with E-state index in [1.54, 1.807) is 18.2 Å². The lowest BCUT2D eigenvalue weighted by molar-refractivity contribution is 0.0697. The molecule has 0 amide bonds. The zero-order chi connectivity index (χ0) is 13.7. The van der Waals surface area contributed by atoms with Crippen molar-refractivity contribution in [2.24, 2.45) is 0 Å². The van der Waals surface area contributed by atoms with Crippen LogP contribution in [-0.4, -0.2) is 33.8 Å². The Morgan fingerprint density at radius 3 is 2.28 bits per heavy atom. The van der Waals surface area contributed by atoms with Crippen LogP contribution in [0.4, 0.5) is 5.69 Å². The summed E-state index contributed by atoms with van der Waals surface area (Å²) in [6.07, 6.45) is 0. The van der Waals surface area contributed by atoms with Crippen LogP contribution in [0.5, 0.6) is 0 Å². The van der Waals surface area contributed by atoms with Crippen molar-refractivity contribution in [3.63, 3.8) is 0 Å². The smallest absolute Gasteiger partial charge is 0.335 e. The van der Waals surface area contributed by atoms with Gasteiger partial charge in [-0.1, -0.05) is 51.8 Å². The summed E-state index contributed by atoms with van der Waals surface area (Å²) < 4.78 is 0. The van der Waals surface area contributed by atoms with Crippen molar-refractivity contribution < 1.29 is 9.90 Å². The van der Waals surface area contributed by atoms with Crippen molar-refractivity contribution in [2.45, 2.75) is 23.5 Å². The summed E-state index contributed by atoms with van der Waals surface area (Å²) in [6.45, 7) is 5.82. The molecule has 0 spiro atoms. The lowest BCUT2D eigenvalue weighted by Gasteiger charge is -2.27. The highest BCUT2D eigenvalue weighted by Gasteiger charge is 2.13. The highest BCUT2D eigenvalue weighted by molar-refractivity contribution is 9.09. The molecule has 0 aliphatic rings. The fourth-order valence-corrected chi connectivity index (χ4v) is 2.43. The molecule has 1 aromatic carbocycles. The van der Waals surface area contributed by atoms with Crippen LogP contribution in [0.25, 0.3) is 0 Å². The SMILES string of the molecule is C[C@H](Br)CN(C[C@H](C)Br)c1cccc(C(=O)O)c1. The molecule has 3 nitrogen and oxygen atoms in total. The van der Waals surface area contributed by atoms with Gasteiger partial charge in [0.05, 0.1) is 5.56 Å². The number of hydrogen-bond donors (Lipinski definition) is 1. The van der Waals surface area contributed by atoms with E-state index in [-0.39, 0.29) is 0 Å². The average molecular weight is 379 g/mol. The van der Waals surface area contributed by atoms with Gasteiger partial charge in [0.1, 0.15) is 0 Å². The molecule has 1 rings (SSSR count). The van der Waals surface area contributed by atoms with E-state index < -0.39 is 5.97 Å². The summed E-state index contributed by atoms with van der Waals surface area (Å²) in [6, 6.07) is 7.05. The molecular weight excluding hydrogens is 362 g/mol. The molecule has 0 aliphatic carbocycles. The molecule has 18 heavy (non-hydrogen) atoms. The van der Waals surface area contributed by atoms with Crippen LogP contribution in [0.3, 0.4) is 0 Å². The zero-order valence-corrected chi connectivity index (χ0v) is 13.6. The maximum Gasteiger partial charge on any atom is 0.335 e. The van der Waals surface area contributed by atoms with Crippen molar-refractivity contribution >= 4 is 43.5 Å². The standard InChI is InChI=1S/C13H17Br2NO2/c1-9(14)7-16(8-10(2)15)12-5-3-4-11(6-12)13(17)18/h3-6,9-10H,7-8H2,1-2H3,(H,17,18)/t9-,10-/m0/s1. The Balaban J connectivity index is 2.96. The van der Waals surface area contributed by atoms with Crippen LogP contribution in [-0.2, 0) is 0 Å². The van der Waals surface area contributed by atoms with Crippen LogP contribution in [0.1, 0.15) is 24.2 Å². The summed E-state index contributed by atoms with van der Waals surface area (Å²) in [7, 11) is 0. The molecule has 0 aliphatic heterocycles. The molecule has 0 saturated heterocycles. The van der Waals surface area contributed by atoms with E-state index in [0.29, 0.717) is 15.2 Å². The minimum absolute atomic E-state index is 0.321. The van der Waals surface area contributed by atoms with Gasteiger partial charge in [-0.15, -0.1) is 0 Å². The van der Waals surface area contributed by atoms with Crippen LogP contribution in [0.2, 0.25) is 0 Å². The first kappa shape index (κ1) is 15.5. The Morgan fingerprint density at radius 1 is 1.28 bits per heavy atom. The number of alkyl halides is 2. The van der Waals surface area contributed by atoms with E-state index in [1.807, 2.05) is 6.07 Å². The molecule has 0 radical (unpaired) electrons. The normalized spacial score (nSPS) is 14.0. The summed E-state index contributed by atoms with van der Waals surface area (Å²) in [5.74, 6) is -0.893. The summed E-state index contributed by atoms with van der Waals surface area (Å²) >= 11 is 7.07. The largest absolute Gasteiger partial charge is 0.478 e. The molecule has 5 heteroatoms. The van der Waals surface area contributed by atoms with Crippen molar-refractivity contribution in [1.82, 2.24) is 0 Å². The van der Waals surface area contributed by atoms with Gasteiger partial charge < -0.3 is 10.0 Å². The number of hydrogen-bond acceptors (Lipinski definition) is 2. The number of anilines is 1. The summed E-state index contributed by atoms with van der Waals surface area (Å²) in [5.41, 5.74) is 1.26. The fourth-order valence-electron chi connectivity index (χ4n) is 1.73. The van der Waals surface area contributed by atoms with Gasteiger partial charge in [0.15, 0.2) is 0 Å². The maximum absolute atomic E-state index is 11.0.